The summed E-state index contributed by atoms with van der Waals surface area (Å²) in [5.41, 5.74) is 6.31. The molecule has 105 heavy (non-hydrogen) atoms. The van der Waals surface area contributed by atoms with Crippen molar-refractivity contribution in [2.24, 2.45) is 64.9 Å². The van der Waals surface area contributed by atoms with E-state index in [4.69, 9.17) is 43.8 Å². The van der Waals surface area contributed by atoms with Crippen LogP contribution in [0, 0.1) is 70.8 Å². The van der Waals surface area contributed by atoms with Gasteiger partial charge in [-0.2, -0.15) is 0 Å². The Morgan fingerprint density at radius 1 is 0.457 bits per heavy atom. The van der Waals surface area contributed by atoms with Crippen molar-refractivity contribution in [3.05, 3.63) is 148 Å². The van der Waals surface area contributed by atoms with Crippen LogP contribution in [0.25, 0.3) is 0 Å². The second-order valence-electron chi connectivity index (χ2n) is 28.5. The number of carboxylic acid groups (broad SMARTS) is 2. The maximum Gasteiger partial charge on any atom is 0.373 e. The normalized spacial score (nSPS) is 11.4. The van der Waals surface area contributed by atoms with Crippen molar-refractivity contribution in [1.82, 2.24) is 10.6 Å². The first-order valence-electron chi connectivity index (χ1n) is 33.7. The highest BCUT2D eigenvalue weighted by molar-refractivity contribution is 6.01. The van der Waals surface area contributed by atoms with Gasteiger partial charge in [-0.3, -0.25) is 38.4 Å². The van der Waals surface area contributed by atoms with Crippen LogP contribution in [0.5, 0.6) is 5.75 Å². The van der Waals surface area contributed by atoms with Crippen LogP contribution in [0.2, 0.25) is 0 Å². The number of hydrogen-bond acceptors (Lipinski definition) is 21. The van der Waals surface area contributed by atoms with Gasteiger partial charge in [0.25, 0.3) is 5.91 Å². The number of methoxy groups -OCH3 is 2. The number of halogens is 2. The molecule has 5 aromatic heterocycles. The van der Waals surface area contributed by atoms with Gasteiger partial charge in [0, 0.05) is 64.8 Å². The molecular weight excluding hydrogens is 1370 g/mol. The minimum absolute atomic E-state index is 0.0176. The third kappa shape index (κ3) is 36.7. The summed E-state index contributed by atoms with van der Waals surface area (Å²) >= 11 is 0. The van der Waals surface area contributed by atoms with Crippen LogP contribution in [0.1, 0.15) is 270 Å². The van der Waals surface area contributed by atoms with Crippen LogP contribution < -0.4 is 16.4 Å². The first-order chi connectivity index (χ1) is 48.2. The molecule has 2 atom stereocenters. The summed E-state index contributed by atoms with van der Waals surface area (Å²) in [4.78, 5) is 133. The van der Waals surface area contributed by atoms with E-state index in [0.717, 1.165) is 0 Å². The van der Waals surface area contributed by atoms with Crippen molar-refractivity contribution >= 4 is 70.5 Å². The second-order valence-corrected chi connectivity index (χ2v) is 28.5. The number of carboxylic acids is 2. The molecule has 3 amide bonds. The number of ether oxygens (including phenoxy) is 2. The number of aliphatic hydroxyl groups is 1. The van der Waals surface area contributed by atoms with E-state index < -0.39 is 47.2 Å². The zero-order valence-corrected chi connectivity index (χ0v) is 65.0. The molecule has 0 fully saturated rings. The topological polar surface area (TPSA) is 420 Å². The Kier molecular flexibility index (Phi) is 42.3. The van der Waals surface area contributed by atoms with Gasteiger partial charge in [0.05, 0.1) is 43.4 Å². The minimum atomic E-state index is -1.16. The number of rotatable bonds is 22. The minimum Gasteiger partial charge on any atom is -0.503 e. The van der Waals surface area contributed by atoms with Crippen LogP contribution >= 0.6 is 0 Å². The Morgan fingerprint density at radius 3 is 1.08 bits per heavy atom. The fourth-order valence-electron chi connectivity index (χ4n) is 7.73. The molecule has 0 saturated carbocycles. The number of carbonyl (C=O) groups is 12. The number of nitrogens with two attached hydrogens (primary N) is 1. The lowest BCUT2D eigenvalue weighted by molar-refractivity contribution is -0.129. The van der Waals surface area contributed by atoms with Crippen molar-refractivity contribution < 1.29 is 118 Å². The zero-order valence-electron chi connectivity index (χ0n) is 65.0. The lowest BCUT2D eigenvalue weighted by Crippen LogP contribution is -2.46. The maximum atomic E-state index is 12.8. The lowest BCUT2D eigenvalue weighted by atomic mass is 9.94. The van der Waals surface area contributed by atoms with Crippen LogP contribution in [0.4, 0.5) is 8.78 Å². The van der Waals surface area contributed by atoms with Crippen molar-refractivity contribution in [2.75, 3.05) is 20.8 Å². The molecular formula is C77H109F2N3O23. The number of Topliss-reactive ketones (excluding diaryl/α,β-unsaturated/α-hetero) is 5. The van der Waals surface area contributed by atoms with E-state index in [2.05, 4.69) is 38.4 Å². The van der Waals surface area contributed by atoms with Crippen molar-refractivity contribution in [3.63, 3.8) is 0 Å². The standard InChI is InChI=1S/C10H12F2O.C10H21NO2.C10H21NO.2C10H12O4.C9H11NO3.2C9H10O4/c1-6(2)3-7-4-8(11)10(13)9(12)5-7;1-7(2)8(6-12)9(13)11-10(3,4)5;1-7(2)8(3)9(12)11-10(4,5)6;1-6(2)9(11)7-4-8(14-5-7)10(12)13-3;1-6(2)9(11)7-4-5-8(14-7)10(12)13-3;1-5(2)8(11)6-3-7(9(10)12)13-4-6;1-5(2)8(10)6-3-7(9(11)12)13-4-6;1-5(2)8(10)6-3-4-7(13-6)9(11)12/h4-6,13H,3H2,1-2H3;7-8,12H,6H2,1-5H3,(H,11,13);7-8H,1-6H3,(H,11,12);2*4-6H,1-3H3;3-5H,1-2H3,(H2,10,12);2*3-5H,1-2H3,(H,11,12)/t;2*8-;;;;;/m.11...../s1. The van der Waals surface area contributed by atoms with Gasteiger partial charge in [0.2, 0.25) is 46.4 Å². The number of esters is 2. The molecule has 5 heterocycles. The Morgan fingerprint density at radius 2 is 0.781 bits per heavy atom. The molecule has 0 spiro atoms. The fourth-order valence-corrected chi connectivity index (χ4v) is 7.73. The molecule has 28 heteroatoms. The quantitative estimate of drug-likeness (QED) is 0.0245. The number of aliphatic hydroxyl groups excluding tert-OH is 1. The number of hydrogen-bond donors (Lipinski definition) is 7. The molecule has 6 rings (SSSR count). The van der Waals surface area contributed by atoms with Gasteiger partial charge in [-0.15, -0.1) is 0 Å². The Labute approximate surface area is 612 Å². The number of carbonyl (C=O) groups excluding carboxylic acids is 10. The highest BCUT2D eigenvalue weighted by atomic mass is 19.1. The summed E-state index contributed by atoms with van der Waals surface area (Å²) in [5.74, 6) is -7.25. The van der Waals surface area contributed by atoms with Gasteiger partial charge in [0.1, 0.15) is 18.8 Å². The van der Waals surface area contributed by atoms with Crippen molar-refractivity contribution in [3.8, 4) is 5.75 Å². The largest absolute Gasteiger partial charge is 0.503 e. The number of aromatic carboxylic acids is 2. The summed E-state index contributed by atoms with van der Waals surface area (Å²) in [6, 6.07) is 11.9. The van der Waals surface area contributed by atoms with E-state index in [1.54, 1.807) is 69.2 Å². The van der Waals surface area contributed by atoms with E-state index in [-0.39, 0.29) is 146 Å². The molecule has 0 aliphatic heterocycles. The van der Waals surface area contributed by atoms with E-state index in [0.29, 0.717) is 40.5 Å². The number of primary amides is 1. The predicted molar refractivity (Wildman–Crippen MR) is 386 cm³/mol. The number of nitrogens with one attached hydrogen (secondary N) is 2. The van der Waals surface area contributed by atoms with Gasteiger partial charge in [0.15, 0.2) is 52.0 Å². The summed E-state index contributed by atoms with van der Waals surface area (Å²) < 4.78 is 58.7. The van der Waals surface area contributed by atoms with Gasteiger partial charge in [-0.1, -0.05) is 118 Å². The van der Waals surface area contributed by atoms with Crippen LogP contribution in [-0.2, 0) is 25.5 Å². The number of aromatic hydroxyl groups is 1. The van der Waals surface area contributed by atoms with Crippen LogP contribution in [-0.4, -0.2) is 123 Å². The number of phenols is 1. The SMILES string of the molecule is CC(C)C(=O)c1ccc(C(=O)O)o1.CC(C)C(=O)c1coc(C(=O)O)c1.CC(C)C(=O)c1coc(C(N)=O)c1.CC(C)Cc1cc(F)c(O)c(F)c1.CC(C)[C@@H](C)C(=O)NC(C)(C)C.CC(C)[C@@H](CO)C(=O)NC(C)(C)C.COC(=O)c1cc(C(=O)C(C)C)co1.COC(=O)c1ccc(C(=O)C(C)C)o1. The Hall–Kier alpha value is -10.1. The van der Waals surface area contributed by atoms with Gasteiger partial charge >= 0.3 is 23.9 Å². The first kappa shape index (κ1) is 96.9. The lowest BCUT2D eigenvalue weighted by Gasteiger charge is -2.25. The fraction of sp³-hybridized carbons (Fsp3) is 0.506. The molecule has 6 aromatic rings. The van der Waals surface area contributed by atoms with E-state index >= 15 is 0 Å². The molecule has 584 valence electrons. The van der Waals surface area contributed by atoms with Gasteiger partial charge < -0.3 is 68.4 Å². The molecule has 0 unspecified atom stereocenters. The van der Waals surface area contributed by atoms with E-state index in [9.17, 15) is 66.3 Å². The molecule has 0 aliphatic rings. The summed E-state index contributed by atoms with van der Waals surface area (Å²) in [7, 11) is 2.52. The number of furan rings is 5. The predicted octanol–water partition coefficient (Wildman–Crippen LogP) is 14.9. The van der Waals surface area contributed by atoms with Crippen LogP contribution in [0.15, 0.2) is 95.5 Å². The maximum absolute atomic E-state index is 12.8. The van der Waals surface area contributed by atoms with Crippen LogP contribution in [0.3, 0.4) is 0 Å². The average molecular weight is 1480 g/mol. The smallest absolute Gasteiger partial charge is 0.373 e. The molecule has 0 bridgehead atoms. The summed E-state index contributed by atoms with van der Waals surface area (Å²) in [6.45, 7) is 43.2. The summed E-state index contributed by atoms with van der Waals surface area (Å²) in [5, 5.41) is 40.7. The Bertz CT molecular complexity index is 3540. The summed E-state index contributed by atoms with van der Waals surface area (Å²) in [6.07, 6.45) is 4.30. The third-order valence-electron chi connectivity index (χ3n) is 13.9. The van der Waals surface area contributed by atoms with E-state index in [1.807, 2.05) is 76.2 Å². The zero-order chi connectivity index (χ0) is 82.0. The third-order valence-corrected chi connectivity index (χ3v) is 13.9. The molecule has 8 N–H and O–H groups in total. The van der Waals surface area contributed by atoms with E-state index in [1.165, 1.54) is 87.6 Å². The van der Waals surface area contributed by atoms with Gasteiger partial charge in [-0.25, -0.2) is 28.0 Å². The van der Waals surface area contributed by atoms with Crippen molar-refractivity contribution in [2.45, 2.75) is 177 Å². The molecule has 0 radical (unpaired) electrons. The highest BCUT2D eigenvalue weighted by Gasteiger charge is 2.26. The first-order valence-corrected chi connectivity index (χ1v) is 33.7. The molecule has 0 saturated heterocycles. The van der Waals surface area contributed by atoms with Gasteiger partial charge in [-0.05, 0) is 108 Å². The monoisotopic (exact) mass is 1480 g/mol. The number of phenolic OH excluding ortho intramolecular Hbond substituents is 1. The Balaban J connectivity index is 0. The number of ketones is 5. The average Bonchev–Trinajstić information content (AvgIpc) is 1.85. The molecule has 0 aliphatic carbocycles. The molecule has 1 aromatic carbocycles. The highest BCUT2D eigenvalue weighted by Crippen LogP contribution is 2.24. The second kappa shape index (κ2) is 45.9. The van der Waals surface area contributed by atoms with Crippen molar-refractivity contribution in [1.29, 1.82) is 0 Å². The molecule has 26 nitrogen and oxygen atoms in total. The number of amides is 3. The number of benzene rings is 1.